The van der Waals surface area contributed by atoms with Crippen LogP contribution in [0, 0.1) is 11.8 Å². The summed E-state index contributed by atoms with van der Waals surface area (Å²) in [5.74, 6) is -2.17. The number of benzene rings is 2. The summed E-state index contributed by atoms with van der Waals surface area (Å²) >= 11 is 0. The van der Waals surface area contributed by atoms with Gasteiger partial charge in [0.05, 0.1) is 42.6 Å². The molecule has 3 aromatic rings. The number of unbranched alkanes of at least 4 members (excludes halogenated alkanes) is 1. The van der Waals surface area contributed by atoms with Crippen LogP contribution in [0.5, 0.6) is 17.2 Å². The predicted octanol–water partition coefficient (Wildman–Crippen LogP) is 6.23. The number of esters is 1. The van der Waals surface area contributed by atoms with Crippen LogP contribution in [-0.2, 0) is 36.9 Å². The fourth-order valence-corrected chi connectivity index (χ4v) is 11.2. The summed E-state index contributed by atoms with van der Waals surface area (Å²) in [6, 6.07) is 7.73. The molecule has 0 radical (unpaired) electrons. The molecule has 4 unspecified atom stereocenters. The number of nitrogens with zero attached hydrogens (tertiary/aromatic N) is 1. The molecule has 3 fully saturated rings. The van der Waals surface area contributed by atoms with Crippen LogP contribution >= 0.6 is 0 Å². The number of methoxy groups -OCH3 is 1. The first-order valence-corrected chi connectivity index (χ1v) is 23.9. The Morgan fingerprint density at radius 1 is 1.00 bits per heavy atom. The molecule has 0 bridgehead atoms. The van der Waals surface area contributed by atoms with Crippen molar-refractivity contribution < 1.29 is 58.5 Å². The number of nitrogens with one attached hydrogen (secondary N) is 1. The Kier molecular flexibility index (Phi) is 15.1. The van der Waals surface area contributed by atoms with Gasteiger partial charge in [0.1, 0.15) is 34.7 Å². The maximum absolute atomic E-state index is 14.2. The van der Waals surface area contributed by atoms with Gasteiger partial charge in [0.15, 0.2) is 6.29 Å². The highest BCUT2D eigenvalue weighted by atomic mass is 16.6. The zero-order valence-corrected chi connectivity index (χ0v) is 37.9. The number of ether oxygens (including phenoxy) is 5. The van der Waals surface area contributed by atoms with Crippen LogP contribution in [0.15, 0.2) is 47.4 Å². The van der Waals surface area contributed by atoms with Crippen LogP contribution in [-0.4, -0.2) is 119 Å². The monoisotopic (exact) mass is 898 g/mol. The van der Waals surface area contributed by atoms with Gasteiger partial charge in [-0.3, -0.25) is 9.59 Å². The second kappa shape index (κ2) is 20.9. The van der Waals surface area contributed by atoms with Gasteiger partial charge in [-0.2, -0.15) is 0 Å². The van der Waals surface area contributed by atoms with Gasteiger partial charge in [-0.05, 0) is 132 Å². The molecule has 2 aliphatic carbocycles. The molecule has 8 rings (SSSR count). The molecular weight excluding hydrogens is 833 g/mol. The molecule has 4 atom stereocenters. The lowest BCUT2D eigenvalue weighted by Gasteiger charge is -2.44. The van der Waals surface area contributed by atoms with Crippen molar-refractivity contribution in [3.05, 3.63) is 69.6 Å². The van der Waals surface area contributed by atoms with Crippen molar-refractivity contribution in [2.45, 2.75) is 127 Å². The predicted molar refractivity (Wildman–Crippen MR) is 243 cm³/mol. The van der Waals surface area contributed by atoms with E-state index < -0.39 is 42.7 Å². The number of Topliss-reactive ketones (excluding diaryl/α,β-unsaturated/α-hetero) is 1. The molecule has 1 aromatic heterocycles. The fourth-order valence-electron chi connectivity index (χ4n) is 11.2. The first kappa shape index (κ1) is 46.9. The number of hydrogen-bond acceptors (Lipinski definition) is 13. The van der Waals surface area contributed by atoms with Crippen molar-refractivity contribution in [2.75, 3.05) is 53.2 Å². The number of aromatic nitrogens is 1. The summed E-state index contributed by atoms with van der Waals surface area (Å²) in [4.78, 5) is 47.4. The summed E-state index contributed by atoms with van der Waals surface area (Å²) < 4.78 is 31.4. The molecule has 4 heterocycles. The van der Waals surface area contributed by atoms with Crippen LogP contribution in [0.25, 0.3) is 16.5 Å². The number of carbonyl (C=O) groups excluding carboxylic acids is 3. The highest BCUT2D eigenvalue weighted by Crippen LogP contribution is 2.58. The summed E-state index contributed by atoms with van der Waals surface area (Å²) in [6.07, 6.45) is 10.4. The number of fused-ring (bicyclic) bond motifs is 3. The maximum Gasteiger partial charge on any atom is 0.375 e. The van der Waals surface area contributed by atoms with E-state index in [1.807, 2.05) is 30.5 Å². The van der Waals surface area contributed by atoms with E-state index in [1.165, 1.54) is 0 Å². The van der Waals surface area contributed by atoms with Crippen LogP contribution in [0.1, 0.15) is 119 Å². The van der Waals surface area contributed by atoms with Crippen LogP contribution < -0.4 is 14.2 Å². The first-order chi connectivity index (χ1) is 31.7. The third-order valence-electron chi connectivity index (χ3n) is 14.6. The minimum atomic E-state index is -1.32. The van der Waals surface area contributed by atoms with Crippen LogP contribution in [0.2, 0.25) is 0 Å². The molecule has 0 amide bonds. The van der Waals surface area contributed by atoms with Gasteiger partial charge >= 0.3 is 5.97 Å². The highest BCUT2D eigenvalue weighted by molar-refractivity contribution is 6.11. The lowest BCUT2D eigenvalue weighted by Crippen LogP contribution is -2.54. The third kappa shape index (κ3) is 9.40. The Hall–Kier alpha value is -4.57. The molecule has 5 N–H and O–H groups in total. The first-order valence-electron chi connectivity index (χ1n) is 23.9. The van der Waals surface area contributed by atoms with Crippen molar-refractivity contribution in [3.63, 3.8) is 0 Å². The standard InChI is InChI=1S/C51H66N2O12/c1-3-62-50(59)49-39(29-56)43(33-25-34(28-55)45(58)37(26-33)31-12-13-41-32(24-31)14-18-52-41)44-47(63-36-10-5-4-6-11-36)38-27-42(64-46(38)40(30-57)48(44)65-49)51(60,17-7-8-22-54)35-15-20-53(21-16-35)19-9-23-61-2/h12-14,18,24,29,34-37,42,52,54-55,57,60H,3-11,15-17,19-23,25-28,30H2,1-2H3. The molecule has 14 heteroatoms. The highest BCUT2D eigenvalue weighted by Gasteiger charge is 2.51. The van der Waals surface area contributed by atoms with Crippen LogP contribution in [0.3, 0.4) is 0 Å². The normalized spacial score (nSPS) is 24.0. The maximum atomic E-state index is 14.2. The van der Waals surface area contributed by atoms with Crippen LogP contribution in [0.4, 0.5) is 0 Å². The molecular formula is C51H66N2O12. The minimum Gasteiger partial charge on any atom is -0.489 e. The molecule has 14 nitrogen and oxygen atoms in total. The lowest BCUT2D eigenvalue weighted by atomic mass is 9.71. The largest absolute Gasteiger partial charge is 0.489 e. The second-order valence-corrected chi connectivity index (χ2v) is 18.5. The van der Waals surface area contributed by atoms with E-state index in [0.717, 1.165) is 87.5 Å². The van der Waals surface area contributed by atoms with Gasteiger partial charge in [-0.15, -0.1) is 0 Å². The number of aromatic amines is 1. The number of rotatable bonds is 18. The van der Waals surface area contributed by atoms with E-state index in [4.69, 9.17) is 23.7 Å². The Labute approximate surface area is 380 Å². The Morgan fingerprint density at radius 2 is 1.80 bits per heavy atom. The Balaban J connectivity index is 1.30. The lowest BCUT2D eigenvalue weighted by molar-refractivity contribution is -0.141. The molecule has 0 spiro atoms. The number of hydrogen-bond donors (Lipinski definition) is 5. The van der Waals surface area contributed by atoms with Crippen molar-refractivity contribution in [3.8, 4) is 17.2 Å². The number of aldehydes is 1. The Bertz CT molecular complexity index is 2270. The van der Waals surface area contributed by atoms with Crippen molar-refractivity contribution in [1.29, 1.82) is 0 Å². The van der Waals surface area contributed by atoms with Gasteiger partial charge in [0.25, 0.3) is 0 Å². The number of ketones is 1. The number of aliphatic hydroxyl groups excluding tert-OH is 3. The summed E-state index contributed by atoms with van der Waals surface area (Å²) in [6.45, 7) is 3.85. The van der Waals surface area contributed by atoms with E-state index in [2.05, 4.69) is 9.88 Å². The molecule has 3 aliphatic heterocycles. The second-order valence-electron chi connectivity index (χ2n) is 18.5. The average Bonchev–Trinajstić information content (AvgIpc) is 4.00. The van der Waals surface area contributed by atoms with Gasteiger partial charge in [0.2, 0.25) is 5.76 Å². The average molecular weight is 899 g/mol. The number of H-pyrrole nitrogens is 1. The van der Waals surface area contributed by atoms with E-state index in [9.17, 15) is 34.8 Å². The quantitative estimate of drug-likeness (QED) is 0.0548. The van der Waals surface area contributed by atoms with Crippen molar-refractivity contribution in [1.82, 2.24) is 9.88 Å². The van der Waals surface area contributed by atoms with E-state index in [-0.39, 0.29) is 72.9 Å². The Morgan fingerprint density at radius 3 is 2.51 bits per heavy atom. The van der Waals surface area contributed by atoms with Gasteiger partial charge in [0, 0.05) is 68.0 Å². The smallest absolute Gasteiger partial charge is 0.375 e. The number of carbonyl (C=O) groups is 3. The number of likely N-dealkylation sites (tertiary alicyclic amines) is 1. The molecule has 2 aromatic carbocycles. The summed E-state index contributed by atoms with van der Waals surface area (Å²) in [7, 11) is 1.70. The number of allylic oxidation sites excluding steroid dienone is 3. The van der Waals surface area contributed by atoms with E-state index >= 15 is 0 Å². The van der Waals surface area contributed by atoms with Gasteiger partial charge < -0.3 is 54.0 Å². The van der Waals surface area contributed by atoms with Gasteiger partial charge in [-0.25, -0.2) is 4.79 Å². The van der Waals surface area contributed by atoms with Crippen molar-refractivity contribution >= 4 is 34.5 Å². The summed E-state index contributed by atoms with van der Waals surface area (Å²) in [5.41, 5.74) is 2.55. The van der Waals surface area contributed by atoms with Crippen molar-refractivity contribution in [2.24, 2.45) is 11.8 Å². The number of aliphatic hydroxyl groups is 4. The van der Waals surface area contributed by atoms with Gasteiger partial charge in [-0.1, -0.05) is 18.1 Å². The zero-order chi connectivity index (χ0) is 45.7. The molecule has 352 valence electrons. The molecule has 2 saturated carbocycles. The summed E-state index contributed by atoms with van der Waals surface area (Å²) in [5, 5.41) is 46.1. The van der Waals surface area contributed by atoms with E-state index in [0.29, 0.717) is 65.9 Å². The third-order valence-corrected chi connectivity index (χ3v) is 14.6. The molecule has 65 heavy (non-hydrogen) atoms. The zero-order valence-electron chi connectivity index (χ0n) is 37.9. The molecule has 1 saturated heterocycles. The fraction of sp³-hybridized carbons (Fsp3) is 0.588. The number of piperidine rings is 1. The minimum absolute atomic E-state index is 0.000208. The molecule has 5 aliphatic rings. The SMILES string of the molecule is CCOC(=O)C1=C(C=O)C(=C2CC(CO)C(=O)C(c3ccc4[nH]ccc4c3)C2)c2c(c(CO)c3c(c2OC2CCCCC2)CC(C(O)(CCCCO)C2CCN(CCCOC)CC2)O3)O1. The topological polar surface area (TPSA) is 197 Å². The van der Waals surface area contributed by atoms with E-state index in [1.54, 1.807) is 14.0 Å².